The molecular formula is C22H25ClN4O3S. The summed E-state index contributed by atoms with van der Waals surface area (Å²) in [4.78, 5) is 25.9. The molecule has 4 rings (SSSR count). The van der Waals surface area contributed by atoms with Crippen molar-refractivity contribution in [3.05, 3.63) is 33.9 Å². The molecule has 2 aromatic heterocycles. The number of ether oxygens (including phenoxy) is 2. The van der Waals surface area contributed by atoms with Crippen molar-refractivity contribution >= 4 is 50.6 Å². The number of hydrogen-bond donors (Lipinski definition) is 1. The van der Waals surface area contributed by atoms with Crippen LogP contribution in [-0.2, 0) is 0 Å². The highest BCUT2D eigenvalue weighted by Crippen LogP contribution is 2.39. The number of fused-ring (bicyclic) bond motifs is 1. The zero-order valence-electron chi connectivity index (χ0n) is 18.0. The van der Waals surface area contributed by atoms with Gasteiger partial charge in [-0.25, -0.2) is 9.97 Å². The number of nitrogens with one attached hydrogen (secondary N) is 1. The lowest BCUT2D eigenvalue weighted by molar-refractivity contribution is 0.102. The lowest BCUT2D eigenvalue weighted by atomic mass is 9.99. The van der Waals surface area contributed by atoms with Crippen molar-refractivity contribution in [2.24, 2.45) is 5.92 Å². The minimum Gasteiger partial charge on any atom is -0.495 e. The van der Waals surface area contributed by atoms with Gasteiger partial charge in [0.05, 0.1) is 35.2 Å². The van der Waals surface area contributed by atoms with Crippen molar-refractivity contribution in [1.29, 1.82) is 0 Å². The number of carbonyl (C=O) groups excluding carboxylic acids is 1. The molecule has 1 N–H and O–H groups in total. The number of benzene rings is 1. The van der Waals surface area contributed by atoms with Crippen LogP contribution in [0.3, 0.4) is 0 Å². The molecule has 3 heterocycles. The Labute approximate surface area is 190 Å². The van der Waals surface area contributed by atoms with Crippen molar-refractivity contribution in [2.45, 2.75) is 26.7 Å². The van der Waals surface area contributed by atoms with Gasteiger partial charge < -0.3 is 19.7 Å². The lowest BCUT2D eigenvalue weighted by Gasteiger charge is -2.31. The number of aromatic nitrogens is 2. The van der Waals surface area contributed by atoms with Crippen LogP contribution in [0.15, 0.2) is 18.5 Å². The Hall–Kier alpha value is -2.58. The number of carbonyl (C=O) groups is 1. The molecule has 7 nitrogen and oxygen atoms in total. The molecule has 0 aliphatic carbocycles. The van der Waals surface area contributed by atoms with Gasteiger partial charge in [0.25, 0.3) is 5.91 Å². The average Bonchev–Trinajstić information content (AvgIpc) is 3.11. The Morgan fingerprint density at radius 3 is 2.58 bits per heavy atom. The van der Waals surface area contributed by atoms with Crippen molar-refractivity contribution in [3.8, 4) is 11.5 Å². The normalized spacial score (nSPS) is 14.7. The molecule has 1 saturated heterocycles. The number of nitrogens with zero attached hydrogens (tertiary/aromatic N) is 3. The summed E-state index contributed by atoms with van der Waals surface area (Å²) in [5.74, 6) is 2.35. The van der Waals surface area contributed by atoms with Crippen LogP contribution >= 0.6 is 22.9 Å². The number of piperidine rings is 1. The van der Waals surface area contributed by atoms with E-state index < -0.39 is 0 Å². The quantitative estimate of drug-likeness (QED) is 0.566. The summed E-state index contributed by atoms with van der Waals surface area (Å²) < 4.78 is 10.6. The average molecular weight is 461 g/mol. The second-order valence-corrected chi connectivity index (χ2v) is 9.15. The van der Waals surface area contributed by atoms with Crippen molar-refractivity contribution in [2.75, 3.05) is 37.5 Å². The SMILES string of the molecule is COc1cc(OC)c(NC(=O)c2sc3ncnc(N4CCC(C)CC4)c3c2C)cc1Cl. The van der Waals surface area contributed by atoms with E-state index >= 15 is 0 Å². The molecule has 0 saturated carbocycles. The van der Waals surface area contributed by atoms with E-state index in [1.165, 1.54) is 25.6 Å². The molecule has 0 atom stereocenters. The number of hydrogen-bond acceptors (Lipinski definition) is 7. The third kappa shape index (κ3) is 4.14. The largest absolute Gasteiger partial charge is 0.495 e. The van der Waals surface area contributed by atoms with Gasteiger partial charge in [0.1, 0.15) is 28.5 Å². The van der Waals surface area contributed by atoms with Gasteiger partial charge in [0.2, 0.25) is 0 Å². The Morgan fingerprint density at radius 1 is 1.19 bits per heavy atom. The number of thiophene rings is 1. The topological polar surface area (TPSA) is 76.6 Å². The maximum absolute atomic E-state index is 13.2. The zero-order valence-corrected chi connectivity index (χ0v) is 19.6. The lowest BCUT2D eigenvalue weighted by Crippen LogP contribution is -2.33. The van der Waals surface area contributed by atoms with Crippen LogP contribution in [0.25, 0.3) is 10.2 Å². The van der Waals surface area contributed by atoms with Gasteiger partial charge in [-0.05, 0) is 37.3 Å². The van der Waals surface area contributed by atoms with Crippen LogP contribution in [0, 0.1) is 12.8 Å². The van der Waals surface area contributed by atoms with Crippen LogP contribution in [0.1, 0.15) is 35.0 Å². The first-order chi connectivity index (χ1) is 14.9. The zero-order chi connectivity index (χ0) is 22.1. The maximum atomic E-state index is 13.2. The summed E-state index contributed by atoms with van der Waals surface area (Å²) >= 11 is 7.61. The number of halogens is 1. The molecule has 1 fully saturated rings. The summed E-state index contributed by atoms with van der Waals surface area (Å²) in [6.45, 7) is 6.16. The van der Waals surface area contributed by atoms with Crippen molar-refractivity contribution in [1.82, 2.24) is 9.97 Å². The van der Waals surface area contributed by atoms with Gasteiger partial charge >= 0.3 is 0 Å². The van der Waals surface area contributed by atoms with E-state index in [9.17, 15) is 4.79 Å². The minimum atomic E-state index is -0.238. The molecule has 0 spiro atoms. The summed E-state index contributed by atoms with van der Waals surface area (Å²) in [6.07, 6.45) is 3.86. The van der Waals surface area contributed by atoms with Crippen LogP contribution in [0.4, 0.5) is 11.5 Å². The molecule has 3 aromatic rings. The number of methoxy groups -OCH3 is 2. The first-order valence-electron chi connectivity index (χ1n) is 10.1. The van der Waals surface area contributed by atoms with Crippen LogP contribution in [0.5, 0.6) is 11.5 Å². The fraction of sp³-hybridized carbons (Fsp3) is 0.409. The molecule has 9 heteroatoms. The summed E-state index contributed by atoms with van der Waals surface area (Å²) in [6, 6.07) is 3.27. The highest BCUT2D eigenvalue weighted by atomic mass is 35.5. The Balaban J connectivity index is 1.68. The molecule has 1 aromatic carbocycles. The number of anilines is 2. The second-order valence-electron chi connectivity index (χ2n) is 7.74. The Kier molecular flexibility index (Phi) is 6.20. The van der Waals surface area contributed by atoms with E-state index in [1.54, 1.807) is 18.5 Å². The van der Waals surface area contributed by atoms with Gasteiger partial charge in [-0.2, -0.15) is 0 Å². The van der Waals surface area contributed by atoms with E-state index in [4.69, 9.17) is 21.1 Å². The molecule has 0 bridgehead atoms. The molecule has 31 heavy (non-hydrogen) atoms. The number of rotatable bonds is 5. The fourth-order valence-corrected chi connectivity index (χ4v) is 5.15. The second kappa shape index (κ2) is 8.88. The first kappa shape index (κ1) is 21.6. The van der Waals surface area contributed by atoms with Crippen molar-refractivity contribution < 1.29 is 14.3 Å². The molecule has 0 unspecified atom stereocenters. The Bertz CT molecular complexity index is 1130. The van der Waals surface area contributed by atoms with E-state index in [-0.39, 0.29) is 5.91 Å². The summed E-state index contributed by atoms with van der Waals surface area (Å²) in [5, 5.41) is 4.26. The summed E-state index contributed by atoms with van der Waals surface area (Å²) in [7, 11) is 3.06. The van der Waals surface area contributed by atoms with E-state index in [2.05, 4.69) is 27.1 Å². The Morgan fingerprint density at radius 2 is 1.90 bits per heavy atom. The monoisotopic (exact) mass is 460 g/mol. The highest BCUT2D eigenvalue weighted by Gasteiger charge is 2.25. The van der Waals surface area contributed by atoms with Crippen LogP contribution < -0.4 is 19.7 Å². The van der Waals surface area contributed by atoms with Gasteiger partial charge in [0, 0.05) is 19.2 Å². The molecular weight excluding hydrogens is 436 g/mol. The molecule has 1 amide bonds. The van der Waals surface area contributed by atoms with Crippen LogP contribution in [-0.4, -0.2) is 43.2 Å². The standard InChI is InChI=1S/C22H25ClN4O3S/c1-12-5-7-27(8-6-12)20-18-13(2)19(31-22(18)25-11-24-20)21(28)26-15-9-14(23)16(29-3)10-17(15)30-4/h9-12H,5-8H2,1-4H3,(H,26,28). The van der Waals surface area contributed by atoms with E-state index in [0.29, 0.717) is 27.1 Å². The van der Waals surface area contributed by atoms with Crippen LogP contribution in [0.2, 0.25) is 5.02 Å². The first-order valence-corrected chi connectivity index (χ1v) is 11.3. The third-order valence-electron chi connectivity index (χ3n) is 5.72. The third-order valence-corrected chi connectivity index (χ3v) is 7.21. The van der Waals surface area contributed by atoms with Crippen molar-refractivity contribution in [3.63, 3.8) is 0 Å². The predicted octanol–water partition coefficient (Wildman–Crippen LogP) is 5.16. The van der Waals surface area contributed by atoms with Gasteiger partial charge in [0.15, 0.2) is 0 Å². The predicted molar refractivity (Wildman–Crippen MR) is 125 cm³/mol. The molecule has 1 aliphatic rings. The minimum absolute atomic E-state index is 0.238. The summed E-state index contributed by atoms with van der Waals surface area (Å²) in [5.41, 5.74) is 1.36. The highest BCUT2D eigenvalue weighted by molar-refractivity contribution is 7.20. The smallest absolute Gasteiger partial charge is 0.266 e. The number of aryl methyl sites for hydroxylation is 1. The van der Waals surface area contributed by atoms with Gasteiger partial charge in [-0.1, -0.05) is 18.5 Å². The van der Waals surface area contributed by atoms with Gasteiger partial charge in [-0.15, -0.1) is 11.3 Å². The van der Waals surface area contributed by atoms with Gasteiger partial charge in [-0.3, -0.25) is 4.79 Å². The van der Waals surface area contributed by atoms with E-state index in [0.717, 1.165) is 53.4 Å². The van der Waals surface area contributed by atoms with E-state index in [1.807, 2.05) is 6.92 Å². The number of amides is 1. The molecule has 164 valence electrons. The molecule has 0 radical (unpaired) electrons. The fourth-order valence-electron chi connectivity index (χ4n) is 3.87. The maximum Gasteiger partial charge on any atom is 0.266 e. The molecule has 1 aliphatic heterocycles.